The first-order valence-electron chi connectivity index (χ1n) is 8.12. The second kappa shape index (κ2) is 6.76. The van der Waals surface area contributed by atoms with Gasteiger partial charge in [0.25, 0.3) is 0 Å². The van der Waals surface area contributed by atoms with E-state index in [1.165, 1.54) is 21.2 Å². The van der Waals surface area contributed by atoms with Crippen LogP contribution in [0.25, 0.3) is 0 Å². The monoisotopic (exact) mass is 312 g/mol. The first kappa shape index (κ1) is 15.4. The van der Waals surface area contributed by atoms with Gasteiger partial charge in [-0.25, -0.2) is 0 Å². The fourth-order valence-corrected chi connectivity index (χ4v) is 4.22. The molecule has 0 saturated heterocycles. The van der Waals surface area contributed by atoms with E-state index in [0.717, 1.165) is 19.6 Å². The molecule has 1 aliphatic rings. The molecule has 1 atom stereocenters. The van der Waals surface area contributed by atoms with Crippen molar-refractivity contribution in [2.75, 3.05) is 24.5 Å². The van der Waals surface area contributed by atoms with Gasteiger partial charge in [-0.3, -0.25) is 0 Å². The molecule has 0 aromatic heterocycles. The molecule has 1 aliphatic heterocycles. The highest BCUT2D eigenvalue weighted by Gasteiger charge is 2.27. The molecular formula is C19H24N2S. The fourth-order valence-electron chi connectivity index (χ4n) is 3.15. The quantitative estimate of drug-likeness (QED) is 0.765. The Balaban J connectivity index is 1.99. The number of nitrogens with zero attached hydrogens (tertiary/aromatic N) is 2. The van der Waals surface area contributed by atoms with Crippen LogP contribution in [0.4, 0.5) is 11.4 Å². The van der Waals surface area contributed by atoms with Crippen LogP contribution in [0.1, 0.15) is 20.8 Å². The van der Waals surface area contributed by atoms with Crippen LogP contribution >= 0.6 is 11.8 Å². The molecule has 116 valence electrons. The lowest BCUT2D eigenvalue weighted by Gasteiger charge is -2.39. The molecule has 0 bridgehead atoms. The summed E-state index contributed by atoms with van der Waals surface area (Å²) in [5, 5.41) is 0. The maximum Gasteiger partial charge on any atom is 0.0555 e. The Labute approximate surface area is 138 Å². The van der Waals surface area contributed by atoms with Gasteiger partial charge in [-0.15, -0.1) is 0 Å². The molecule has 2 aromatic rings. The van der Waals surface area contributed by atoms with Crippen molar-refractivity contribution in [1.82, 2.24) is 4.90 Å². The maximum atomic E-state index is 2.51. The van der Waals surface area contributed by atoms with Crippen molar-refractivity contribution < 1.29 is 0 Å². The summed E-state index contributed by atoms with van der Waals surface area (Å²) in [6.45, 7) is 10.1. The number of benzene rings is 2. The summed E-state index contributed by atoms with van der Waals surface area (Å²) < 4.78 is 0. The lowest BCUT2D eigenvalue weighted by Crippen LogP contribution is -2.41. The smallest absolute Gasteiger partial charge is 0.0555 e. The van der Waals surface area contributed by atoms with Gasteiger partial charge in [0.2, 0.25) is 0 Å². The SMILES string of the molecule is CCN(CC)C[C@H](C)N1c2ccccc2Sc2ccccc21. The summed E-state index contributed by atoms with van der Waals surface area (Å²) in [6, 6.07) is 18.0. The zero-order chi connectivity index (χ0) is 15.5. The van der Waals surface area contributed by atoms with E-state index in [4.69, 9.17) is 0 Å². The molecule has 0 aliphatic carbocycles. The van der Waals surface area contributed by atoms with Crippen molar-refractivity contribution in [3.63, 3.8) is 0 Å². The van der Waals surface area contributed by atoms with Crippen molar-refractivity contribution in [3.8, 4) is 0 Å². The van der Waals surface area contributed by atoms with E-state index < -0.39 is 0 Å². The Kier molecular flexibility index (Phi) is 4.74. The molecule has 0 saturated carbocycles. The number of rotatable bonds is 5. The van der Waals surface area contributed by atoms with Gasteiger partial charge < -0.3 is 9.80 Å². The average molecular weight is 312 g/mol. The van der Waals surface area contributed by atoms with Crippen molar-refractivity contribution in [2.45, 2.75) is 36.6 Å². The minimum Gasteiger partial charge on any atom is -0.335 e. The average Bonchev–Trinajstić information content (AvgIpc) is 2.57. The Hall–Kier alpha value is -1.45. The molecule has 3 rings (SSSR count). The predicted molar refractivity (Wildman–Crippen MR) is 96.4 cm³/mol. The number of para-hydroxylation sites is 2. The summed E-state index contributed by atoms with van der Waals surface area (Å²) >= 11 is 1.88. The molecule has 3 heteroatoms. The topological polar surface area (TPSA) is 6.48 Å². The molecule has 0 N–H and O–H groups in total. The van der Waals surface area contributed by atoms with Crippen LogP contribution in [-0.4, -0.2) is 30.6 Å². The van der Waals surface area contributed by atoms with Gasteiger partial charge in [0.15, 0.2) is 0 Å². The van der Waals surface area contributed by atoms with E-state index in [9.17, 15) is 0 Å². The normalized spacial score (nSPS) is 14.6. The standard InChI is InChI=1S/C19H24N2S/c1-4-20(5-2)14-15(3)21-16-10-6-8-12-18(16)22-19-13-9-7-11-17(19)21/h6-13,15H,4-5,14H2,1-3H3/t15-/m0/s1. The summed E-state index contributed by atoms with van der Waals surface area (Å²) in [5.41, 5.74) is 2.68. The predicted octanol–water partition coefficient (Wildman–Crippen LogP) is 5.02. The number of fused-ring (bicyclic) bond motifs is 2. The van der Waals surface area contributed by atoms with Crippen LogP contribution < -0.4 is 4.90 Å². The van der Waals surface area contributed by atoms with Crippen molar-refractivity contribution in [2.24, 2.45) is 0 Å². The van der Waals surface area contributed by atoms with Crippen molar-refractivity contribution in [3.05, 3.63) is 48.5 Å². The van der Waals surface area contributed by atoms with Crippen LogP contribution in [0.5, 0.6) is 0 Å². The third-order valence-electron chi connectivity index (χ3n) is 4.33. The Bertz CT molecular complexity index is 591. The Morgan fingerprint density at radius 2 is 1.41 bits per heavy atom. The molecule has 22 heavy (non-hydrogen) atoms. The molecule has 0 radical (unpaired) electrons. The fraction of sp³-hybridized carbons (Fsp3) is 0.368. The van der Waals surface area contributed by atoms with Crippen molar-refractivity contribution >= 4 is 23.1 Å². The van der Waals surface area contributed by atoms with Gasteiger partial charge in [-0.05, 0) is 44.3 Å². The van der Waals surface area contributed by atoms with Gasteiger partial charge in [0, 0.05) is 22.4 Å². The number of anilines is 2. The van der Waals surface area contributed by atoms with Gasteiger partial charge in [0.1, 0.15) is 0 Å². The number of likely N-dealkylation sites (N-methyl/N-ethyl adjacent to an activating group) is 1. The van der Waals surface area contributed by atoms with Gasteiger partial charge in [0.05, 0.1) is 11.4 Å². The number of hydrogen-bond donors (Lipinski definition) is 0. The lowest BCUT2D eigenvalue weighted by atomic mass is 10.1. The van der Waals surface area contributed by atoms with Gasteiger partial charge >= 0.3 is 0 Å². The zero-order valence-corrected chi connectivity index (χ0v) is 14.4. The summed E-state index contributed by atoms with van der Waals surface area (Å²) in [6.07, 6.45) is 0. The minimum absolute atomic E-state index is 0.447. The highest BCUT2D eigenvalue weighted by molar-refractivity contribution is 7.99. The molecule has 1 heterocycles. The summed E-state index contributed by atoms with van der Waals surface area (Å²) in [4.78, 5) is 7.72. The molecule has 0 unspecified atom stereocenters. The van der Waals surface area contributed by atoms with E-state index in [1.54, 1.807) is 0 Å². The summed E-state index contributed by atoms with van der Waals surface area (Å²) in [5.74, 6) is 0. The molecule has 2 aromatic carbocycles. The van der Waals surface area contributed by atoms with Crippen LogP contribution in [0.3, 0.4) is 0 Å². The first-order chi connectivity index (χ1) is 10.7. The molecule has 0 amide bonds. The van der Waals surface area contributed by atoms with Crippen LogP contribution in [0.2, 0.25) is 0 Å². The molecule has 2 nitrogen and oxygen atoms in total. The Morgan fingerprint density at radius 3 is 1.91 bits per heavy atom. The van der Waals surface area contributed by atoms with E-state index in [1.807, 2.05) is 11.8 Å². The third kappa shape index (κ3) is 2.88. The second-order valence-electron chi connectivity index (χ2n) is 5.74. The molecular weight excluding hydrogens is 288 g/mol. The lowest BCUT2D eigenvalue weighted by molar-refractivity contribution is 0.288. The molecule has 0 fully saturated rings. The Morgan fingerprint density at radius 1 is 0.909 bits per heavy atom. The molecule has 0 spiro atoms. The first-order valence-corrected chi connectivity index (χ1v) is 8.93. The third-order valence-corrected chi connectivity index (χ3v) is 5.46. The second-order valence-corrected chi connectivity index (χ2v) is 6.83. The van der Waals surface area contributed by atoms with E-state index >= 15 is 0 Å². The summed E-state index contributed by atoms with van der Waals surface area (Å²) in [7, 11) is 0. The van der Waals surface area contributed by atoms with Crippen LogP contribution in [-0.2, 0) is 0 Å². The largest absolute Gasteiger partial charge is 0.335 e. The highest BCUT2D eigenvalue weighted by atomic mass is 32.2. The van der Waals surface area contributed by atoms with Crippen LogP contribution in [0, 0.1) is 0 Å². The van der Waals surface area contributed by atoms with Crippen molar-refractivity contribution in [1.29, 1.82) is 0 Å². The van der Waals surface area contributed by atoms with E-state index in [-0.39, 0.29) is 0 Å². The minimum atomic E-state index is 0.447. The van der Waals surface area contributed by atoms with Crippen LogP contribution in [0.15, 0.2) is 58.3 Å². The van der Waals surface area contributed by atoms with Gasteiger partial charge in [-0.1, -0.05) is 49.9 Å². The van der Waals surface area contributed by atoms with E-state index in [0.29, 0.717) is 6.04 Å². The number of hydrogen-bond acceptors (Lipinski definition) is 3. The zero-order valence-electron chi connectivity index (χ0n) is 13.6. The van der Waals surface area contributed by atoms with E-state index in [2.05, 4.69) is 79.1 Å². The maximum absolute atomic E-state index is 2.51. The highest BCUT2D eigenvalue weighted by Crippen LogP contribution is 2.48. The van der Waals surface area contributed by atoms with Gasteiger partial charge in [-0.2, -0.15) is 0 Å².